The minimum atomic E-state index is 0.705. The molecule has 0 aliphatic heterocycles. The normalized spacial score (nSPS) is 12.1. The Morgan fingerprint density at radius 2 is 0.931 bits per heavy atom. The minimum absolute atomic E-state index is 0.705. The van der Waals surface area contributed by atoms with Crippen molar-refractivity contribution in [2.75, 3.05) is 0 Å². The molecule has 10 aromatic carbocycles. The third kappa shape index (κ3) is 4.45. The molecule has 4 heteroatoms. The predicted molar refractivity (Wildman–Crippen MR) is 244 cm³/mol. The summed E-state index contributed by atoms with van der Waals surface area (Å²) in [5.74, 6) is 1.58. The molecule has 13 rings (SSSR count). The molecule has 13 aromatic rings. The van der Waals surface area contributed by atoms with E-state index < -0.39 is 0 Å². The lowest BCUT2D eigenvalue weighted by molar-refractivity contribution is 1.08. The van der Waals surface area contributed by atoms with Crippen LogP contribution in [-0.4, -0.2) is 19.1 Å². The van der Waals surface area contributed by atoms with Crippen molar-refractivity contribution in [3.63, 3.8) is 0 Å². The van der Waals surface area contributed by atoms with Gasteiger partial charge in [0.25, 0.3) is 0 Å². The highest BCUT2D eigenvalue weighted by molar-refractivity contribution is 6.21. The molecule has 0 saturated carbocycles. The lowest BCUT2D eigenvalue weighted by atomic mass is 10.00. The summed E-state index contributed by atoms with van der Waals surface area (Å²) in [4.78, 5) is 10.7. The molecule has 58 heavy (non-hydrogen) atoms. The summed E-state index contributed by atoms with van der Waals surface area (Å²) in [6.07, 6.45) is 0. The number of hydrogen-bond donors (Lipinski definition) is 0. The van der Waals surface area contributed by atoms with Crippen LogP contribution in [0.1, 0.15) is 0 Å². The van der Waals surface area contributed by atoms with Crippen LogP contribution in [0.2, 0.25) is 0 Å². The zero-order chi connectivity index (χ0) is 37.9. The number of para-hydroxylation sites is 3. The van der Waals surface area contributed by atoms with E-state index >= 15 is 0 Å². The molecule has 0 fully saturated rings. The van der Waals surface area contributed by atoms with Crippen molar-refractivity contribution >= 4 is 97.6 Å². The van der Waals surface area contributed by atoms with E-state index in [2.05, 4.69) is 203 Å². The highest BCUT2D eigenvalue weighted by Crippen LogP contribution is 2.40. The molecule has 0 N–H and O–H groups in total. The van der Waals surface area contributed by atoms with Gasteiger partial charge in [-0.05, 0) is 104 Å². The SMILES string of the molecule is c1ccc2c(c1)ccc1ccc(-c3nc(-n4c5ccccc5c5cc6ccc(-n7c8ccccc8c8c9ccccc9ccc87)cc6cc54)c4ccccc4n3)cc12. The van der Waals surface area contributed by atoms with E-state index in [0.29, 0.717) is 5.82 Å². The molecule has 0 amide bonds. The summed E-state index contributed by atoms with van der Waals surface area (Å²) < 4.78 is 4.78. The highest BCUT2D eigenvalue weighted by Gasteiger charge is 2.20. The molecule has 4 nitrogen and oxygen atoms in total. The summed E-state index contributed by atoms with van der Waals surface area (Å²) in [5.41, 5.74) is 7.66. The molecule has 0 aliphatic carbocycles. The zero-order valence-electron chi connectivity index (χ0n) is 31.3. The molecule has 0 bridgehead atoms. The van der Waals surface area contributed by atoms with Crippen molar-refractivity contribution in [1.29, 1.82) is 0 Å². The van der Waals surface area contributed by atoms with Gasteiger partial charge in [0.1, 0.15) is 5.82 Å². The minimum Gasteiger partial charge on any atom is -0.309 e. The molecular weight excluding hydrogens is 705 g/mol. The fraction of sp³-hybridized carbons (Fsp3) is 0. The molecule has 0 unspecified atom stereocenters. The third-order valence-electron chi connectivity index (χ3n) is 12.2. The van der Waals surface area contributed by atoms with Gasteiger partial charge in [-0.15, -0.1) is 0 Å². The lowest BCUT2D eigenvalue weighted by Crippen LogP contribution is -2.02. The second kappa shape index (κ2) is 11.8. The summed E-state index contributed by atoms with van der Waals surface area (Å²) >= 11 is 0. The van der Waals surface area contributed by atoms with Crippen LogP contribution in [0.15, 0.2) is 194 Å². The van der Waals surface area contributed by atoms with Gasteiger partial charge < -0.3 is 4.57 Å². The first-order chi connectivity index (χ1) is 28.7. The molecule has 0 saturated heterocycles. The van der Waals surface area contributed by atoms with Crippen molar-refractivity contribution in [1.82, 2.24) is 19.1 Å². The largest absolute Gasteiger partial charge is 0.309 e. The van der Waals surface area contributed by atoms with Crippen molar-refractivity contribution in [3.05, 3.63) is 194 Å². The molecule has 268 valence electrons. The summed E-state index contributed by atoms with van der Waals surface area (Å²) in [6, 6.07) is 70.3. The number of fused-ring (bicyclic) bond motifs is 13. The van der Waals surface area contributed by atoms with Gasteiger partial charge in [-0.25, -0.2) is 9.97 Å². The van der Waals surface area contributed by atoms with Crippen LogP contribution in [-0.2, 0) is 0 Å². The Morgan fingerprint density at radius 3 is 1.78 bits per heavy atom. The summed E-state index contributed by atoms with van der Waals surface area (Å²) in [7, 11) is 0. The quantitative estimate of drug-likeness (QED) is 0.169. The fourth-order valence-corrected chi connectivity index (χ4v) is 9.59. The first-order valence-electron chi connectivity index (χ1n) is 19.8. The van der Waals surface area contributed by atoms with E-state index in [9.17, 15) is 0 Å². The Hall–Kier alpha value is -7.82. The van der Waals surface area contributed by atoms with Crippen molar-refractivity contribution < 1.29 is 0 Å². The maximum absolute atomic E-state index is 5.48. The van der Waals surface area contributed by atoms with Gasteiger partial charge in [-0.1, -0.05) is 133 Å². The van der Waals surface area contributed by atoms with Crippen LogP contribution in [0.25, 0.3) is 120 Å². The highest BCUT2D eigenvalue weighted by atomic mass is 15.1. The average molecular weight is 737 g/mol. The van der Waals surface area contributed by atoms with Crippen LogP contribution in [0, 0.1) is 0 Å². The molecule has 3 heterocycles. The Bertz CT molecular complexity index is 3870. The lowest BCUT2D eigenvalue weighted by Gasteiger charge is -2.14. The van der Waals surface area contributed by atoms with Crippen LogP contribution in [0.3, 0.4) is 0 Å². The Labute approximate surface area is 332 Å². The second-order valence-corrected chi connectivity index (χ2v) is 15.4. The maximum atomic E-state index is 5.48. The van der Waals surface area contributed by atoms with Gasteiger partial charge in [0, 0.05) is 38.2 Å². The molecule has 0 spiro atoms. The van der Waals surface area contributed by atoms with Crippen LogP contribution in [0.5, 0.6) is 0 Å². The Balaban J connectivity index is 1.07. The van der Waals surface area contributed by atoms with Gasteiger partial charge in [0.05, 0.1) is 27.6 Å². The van der Waals surface area contributed by atoms with Crippen molar-refractivity contribution in [2.45, 2.75) is 0 Å². The predicted octanol–water partition coefficient (Wildman–Crippen LogP) is 14.1. The van der Waals surface area contributed by atoms with E-state index in [-0.39, 0.29) is 0 Å². The number of rotatable bonds is 3. The number of nitrogens with zero attached hydrogens (tertiary/aromatic N) is 4. The molecule has 3 aromatic heterocycles. The van der Waals surface area contributed by atoms with Gasteiger partial charge >= 0.3 is 0 Å². The Kier molecular flexibility index (Phi) is 6.41. The Morgan fingerprint density at radius 1 is 0.310 bits per heavy atom. The van der Waals surface area contributed by atoms with Crippen LogP contribution < -0.4 is 0 Å². The van der Waals surface area contributed by atoms with E-state index in [1.54, 1.807) is 0 Å². The van der Waals surface area contributed by atoms with Gasteiger partial charge in [-0.3, -0.25) is 4.57 Å². The topological polar surface area (TPSA) is 35.6 Å². The second-order valence-electron chi connectivity index (χ2n) is 15.4. The van der Waals surface area contributed by atoms with Gasteiger partial charge in [0.2, 0.25) is 0 Å². The summed E-state index contributed by atoms with van der Waals surface area (Å²) in [6.45, 7) is 0. The number of aromatic nitrogens is 4. The molecule has 0 atom stereocenters. The van der Waals surface area contributed by atoms with E-state index in [1.807, 2.05) is 0 Å². The fourth-order valence-electron chi connectivity index (χ4n) is 9.59. The van der Waals surface area contributed by atoms with E-state index in [0.717, 1.165) is 39.0 Å². The number of benzene rings is 10. The van der Waals surface area contributed by atoms with Crippen molar-refractivity contribution in [2.24, 2.45) is 0 Å². The molecular formula is C54H32N4. The van der Waals surface area contributed by atoms with Crippen molar-refractivity contribution in [3.8, 4) is 22.9 Å². The van der Waals surface area contributed by atoms with E-state index in [4.69, 9.17) is 9.97 Å². The standard InChI is InChI=1S/C54H32N4/c1-3-13-40-33(11-1)21-22-35-23-24-37(31-45(35)40)53-55-47-18-8-5-16-43(47)54(56-53)58-48-19-9-6-15-42(48)46-30-36-25-27-39(29-38(36)32-51(46)58)57-49-20-10-7-17-44(49)52-41-14-4-2-12-34(41)26-28-50(52)57/h1-32H. The summed E-state index contributed by atoms with van der Waals surface area (Å²) in [5, 5.41) is 15.7. The van der Waals surface area contributed by atoms with Gasteiger partial charge in [-0.2, -0.15) is 0 Å². The van der Waals surface area contributed by atoms with Crippen LogP contribution in [0.4, 0.5) is 0 Å². The number of hydrogen-bond acceptors (Lipinski definition) is 2. The maximum Gasteiger partial charge on any atom is 0.162 e. The first-order valence-corrected chi connectivity index (χ1v) is 19.8. The third-order valence-corrected chi connectivity index (χ3v) is 12.2. The van der Waals surface area contributed by atoms with Gasteiger partial charge in [0.15, 0.2) is 5.82 Å². The molecule has 0 radical (unpaired) electrons. The molecule has 0 aliphatic rings. The first kappa shape index (κ1) is 31.4. The average Bonchev–Trinajstić information content (AvgIpc) is 3.80. The smallest absolute Gasteiger partial charge is 0.162 e. The monoisotopic (exact) mass is 736 g/mol. The van der Waals surface area contributed by atoms with Crippen LogP contribution >= 0.6 is 0 Å². The zero-order valence-corrected chi connectivity index (χ0v) is 31.3. The van der Waals surface area contributed by atoms with E-state index in [1.165, 1.54) is 75.7 Å².